The van der Waals surface area contributed by atoms with E-state index < -0.39 is 0 Å². The molecular formula is C23H20O4S. The molecule has 0 bridgehead atoms. The lowest BCUT2D eigenvalue weighted by atomic mass is 10.0. The van der Waals surface area contributed by atoms with Gasteiger partial charge in [-0.15, -0.1) is 11.3 Å². The van der Waals surface area contributed by atoms with Gasteiger partial charge in [-0.3, -0.25) is 4.79 Å². The van der Waals surface area contributed by atoms with Crippen molar-refractivity contribution in [2.45, 2.75) is 20.5 Å². The van der Waals surface area contributed by atoms with Gasteiger partial charge in [0.1, 0.15) is 17.9 Å². The van der Waals surface area contributed by atoms with Crippen molar-refractivity contribution in [2.75, 3.05) is 7.11 Å². The minimum absolute atomic E-state index is 0.160. The molecule has 0 aliphatic rings. The molecular weight excluding hydrogens is 372 g/mol. The molecule has 4 rings (SSSR count). The number of thiophene rings is 1. The molecule has 2 heterocycles. The second-order valence-corrected chi connectivity index (χ2v) is 7.65. The van der Waals surface area contributed by atoms with Crippen LogP contribution in [0.4, 0.5) is 0 Å². The fraction of sp³-hybridized carbons (Fsp3) is 0.174. The average Bonchev–Trinajstić information content (AvgIpc) is 3.22. The Morgan fingerprint density at radius 1 is 1.04 bits per heavy atom. The highest BCUT2D eigenvalue weighted by atomic mass is 32.1. The number of benzene rings is 2. The van der Waals surface area contributed by atoms with Gasteiger partial charge in [0.05, 0.1) is 12.5 Å². The van der Waals surface area contributed by atoms with Crippen LogP contribution in [0.2, 0.25) is 0 Å². The molecule has 4 aromatic rings. The number of aryl methyl sites for hydroxylation is 2. The summed E-state index contributed by atoms with van der Waals surface area (Å²) >= 11 is 1.59. The van der Waals surface area contributed by atoms with E-state index in [-0.39, 0.29) is 11.2 Å². The van der Waals surface area contributed by atoms with Crippen molar-refractivity contribution in [3.05, 3.63) is 80.1 Å². The first-order valence-electron chi connectivity index (χ1n) is 8.94. The Morgan fingerprint density at radius 2 is 1.79 bits per heavy atom. The Bertz CT molecular complexity index is 1170. The van der Waals surface area contributed by atoms with Crippen LogP contribution >= 0.6 is 11.3 Å². The molecule has 0 atom stereocenters. The third-order valence-corrected chi connectivity index (χ3v) is 5.61. The lowest BCUT2D eigenvalue weighted by Gasteiger charge is -2.12. The Balaban J connectivity index is 1.89. The summed E-state index contributed by atoms with van der Waals surface area (Å²) in [6, 6.07) is 15.1. The first-order valence-corrected chi connectivity index (χ1v) is 9.82. The summed E-state index contributed by atoms with van der Waals surface area (Å²) in [6.45, 7) is 4.31. The fourth-order valence-electron chi connectivity index (χ4n) is 3.03. The highest BCUT2D eigenvalue weighted by Gasteiger charge is 2.19. The summed E-state index contributed by atoms with van der Waals surface area (Å²) in [6.07, 6.45) is 0. The SMILES string of the molecule is COc1ccc(-c2oc3cc(C)c(C)cc3c(=O)c2OCc2cccs2)cc1. The number of methoxy groups -OCH3 is 1. The van der Waals surface area contributed by atoms with E-state index in [1.807, 2.05) is 67.8 Å². The molecule has 0 unspecified atom stereocenters. The van der Waals surface area contributed by atoms with Gasteiger partial charge in [0.15, 0.2) is 5.76 Å². The van der Waals surface area contributed by atoms with Crippen molar-refractivity contribution in [3.63, 3.8) is 0 Å². The highest BCUT2D eigenvalue weighted by Crippen LogP contribution is 2.33. The zero-order valence-corrected chi connectivity index (χ0v) is 16.8. The van der Waals surface area contributed by atoms with Crippen molar-refractivity contribution in [1.82, 2.24) is 0 Å². The van der Waals surface area contributed by atoms with Crippen LogP contribution in [0.25, 0.3) is 22.3 Å². The lowest BCUT2D eigenvalue weighted by molar-refractivity contribution is 0.301. The standard InChI is InChI=1S/C23H20O4S/c1-14-11-19-20(12-15(14)2)27-22(16-6-8-17(25-3)9-7-16)23(21(19)24)26-13-18-5-4-10-28-18/h4-12H,13H2,1-3H3. The van der Waals surface area contributed by atoms with Gasteiger partial charge in [0.25, 0.3) is 0 Å². The Labute approximate surface area is 167 Å². The van der Waals surface area contributed by atoms with Crippen LogP contribution < -0.4 is 14.9 Å². The van der Waals surface area contributed by atoms with Crippen molar-refractivity contribution in [3.8, 4) is 22.8 Å². The zero-order valence-electron chi connectivity index (χ0n) is 15.9. The predicted molar refractivity (Wildman–Crippen MR) is 113 cm³/mol. The molecule has 0 spiro atoms. The first-order chi connectivity index (χ1) is 13.6. The predicted octanol–water partition coefficient (Wildman–Crippen LogP) is 5.73. The molecule has 5 heteroatoms. The third-order valence-electron chi connectivity index (χ3n) is 4.76. The van der Waals surface area contributed by atoms with Crippen LogP contribution in [0.1, 0.15) is 16.0 Å². The summed E-state index contributed by atoms with van der Waals surface area (Å²) in [5.74, 6) is 1.40. The Hall–Kier alpha value is -3.05. The summed E-state index contributed by atoms with van der Waals surface area (Å²) in [5.41, 5.74) is 3.28. The molecule has 0 aliphatic carbocycles. The van der Waals surface area contributed by atoms with E-state index in [1.54, 1.807) is 18.4 Å². The van der Waals surface area contributed by atoms with Crippen LogP contribution in [0.5, 0.6) is 11.5 Å². The van der Waals surface area contributed by atoms with E-state index in [4.69, 9.17) is 13.9 Å². The van der Waals surface area contributed by atoms with E-state index in [0.717, 1.165) is 27.3 Å². The molecule has 0 radical (unpaired) electrons. The second kappa shape index (κ2) is 7.52. The molecule has 28 heavy (non-hydrogen) atoms. The van der Waals surface area contributed by atoms with E-state index in [9.17, 15) is 4.79 Å². The molecule has 2 aromatic heterocycles. The van der Waals surface area contributed by atoms with Crippen LogP contribution in [0, 0.1) is 13.8 Å². The normalized spacial score (nSPS) is 11.0. The van der Waals surface area contributed by atoms with Crippen molar-refractivity contribution >= 4 is 22.3 Å². The molecule has 0 N–H and O–H groups in total. The molecule has 0 aliphatic heterocycles. The maximum atomic E-state index is 13.3. The van der Waals surface area contributed by atoms with Crippen molar-refractivity contribution in [1.29, 1.82) is 0 Å². The lowest BCUT2D eigenvalue weighted by Crippen LogP contribution is -2.10. The number of hydrogen-bond acceptors (Lipinski definition) is 5. The molecule has 142 valence electrons. The first kappa shape index (κ1) is 18.3. The molecule has 0 fully saturated rings. The van der Waals surface area contributed by atoms with Gasteiger partial charge in [-0.1, -0.05) is 6.07 Å². The highest BCUT2D eigenvalue weighted by molar-refractivity contribution is 7.09. The smallest absolute Gasteiger partial charge is 0.235 e. The number of rotatable bonds is 5. The van der Waals surface area contributed by atoms with Gasteiger partial charge in [0.2, 0.25) is 11.2 Å². The number of fused-ring (bicyclic) bond motifs is 1. The molecule has 2 aromatic carbocycles. The summed E-state index contributed by atoms with van der Waals surface area (Å²) in [7, 11) is 1.62. The Kier molecular flexibility index (Phi) is 4.92. The number of ether oxygens (including phenoxy) is 2. The fourth-order valence-corrected chi connectivity index (χ4v) is 3.65. The van der Waals surface area contributed by atoms with Crippen molar-refractivity contribution < 1.29 is 13.9 Å². The van der Waals surface area contributed by atoms with Gasteiger partial charge < -0.3 is 13.9 Å². The van der Waals surface area contributed by atoms with Crippen LogP contribution in [0.3, 0.4) is 0 Å². The average molecular weight is 392 g/mol. The van der Waals surface area contributed by atoms with E-state index in [1.165, 1.54) is 0 Å². The third kappa shape index (κ3) is 3.41. The van der Waals surface area contributed by atoms with Crippen molar-refractivity contribution in [2.24, 2.45) is 0 Å². The van der Waals surface area contributed by atoms with Crippen LogP contribution in [0.15, 0.2) is 63.1 Å². The maximum absolute atomic E-state index is 13.3. The monoisotopic (exact) mass is 392 g/mol. The molecule has 0 amide bonds. The van der Waals surface area contributed by atoms with Gasteiger partial charge in [0, 0.05) is 10.4 Å². The molecule has 0 saturated carbocycles. The van der Waals surface area contributed by atoms with Gasteiger partial charge in [-0.25, -0.2) is 0 Å². The summed E-state index contributed by atoms with van der Waals surface area (Å²) in [5, 5.41) is 2.51. The maximum Gasteiger partial charge on any atom is 0.235 e. The van der Waals surface area contributed by atoms with Gasteiger partial charge in [-0.05, 0) is 72.8 Å². The van der Waals surface area contributed by atoms with Gasteiger partial charge in [-0.2, -0.15) is 0 Å². The van der Waals surface area contributed by atoms with Crippen LogP contribution in [-0.2, 0) is 6.61 Å². The summed E-state index contributed by atoms with van der Waals surface area (Å²) < 4.78 is 17.4. The minimum Gasteiger partial charge on any atom is -0.497 e. The minimum atomic E-state index is -0.160. The Morgan fingerprint density at radius 3 is 2.46 bits per heavy atom. The second-order valence-electron chi connectivity index (χ2n) is 6.62. The van der Waals surface area contributed by atoms with E-state index >= 15 is 0 Å². The quantitative estimate of drug-likeness (QED) is 0.435. The topological polar surface area (TPSA) is 48.7 Å². The van der Waals surface area contributed by atoms with Gasteiger partial charge >= 0.3 is 0 Å². The molecule has 4 nitrogen and oxygen atoms in total. The zero-order chi connectivity index (χ0) is 19.7. The van der Waals surface area contributed by atoms with Crippen LogP contribution in [-0.4, -0.2) is 7.11 Å². The largest absolute Gasteiger partial charge is 0.497 e. The summed E-state index contributed by atoms with van der Waals surface area (Å²) in [4.78, 5) is 14.3. The molecule has 0 saturated heterocycles. The van der Waals surface area contributed by atoms with E-state index in [2.05, 4.69) is 0 Å². The number of hydrogen-bond donors (Lipinski definition) is 0. The van der Waals surface area contributed by atoms with E-state index in [0.29, 0.717) is 23.3 Å².